The van der Waals surface area contributed by atoms with Gasteiger partial charge in [-0.25, -0.2) is 4.98 Å². The number of nitrogens with one attached hydrogen (secondary N) is 1. The van der Waals surface area contributed by atoms with Crippen LogP contribution >= 0.6 is 23.2 Å². The zero-order chi connectivity index (χ0) is 17.9. The van der Waals surface area contributed by atoms with Crippen molar-refractivity contribution in [1.29, 1.82) is 0 Å². The first kappa shape index (κ1) is 17.4. The molecule has 0 saturated heterocycles. The molecule has 1 fully saturated rings. The Kier molecular flexibility index (Phi) is 5.18. The maximum absolute atomic E-state index is 6.39. The third-order valence-electron chi connectivity index (χ3n) is 4.85. The van der Waals surface area contributed by atoms with E-state index in [0.717, 1.165) is 22.7 Å². The largest absolute Gasteiger partial charge is 0.367 e. The minimum absolute atomic E-state index is 0.463. The highest BCUT2D eigenvalue weighted by atomic mass is 35.5. The number of halogens is 2. The SMILES string of the molecule is Clc1cc(Cl)c2nc(/C=C/c3ccccc3)c(NC3CCCCC3)n2c1. The summed E-state index contributed by atoms with van der Waals surface area (Å²) in [5.41, 5.74) is 2.74. The summed E-state index contributed by atoms with van der Waals surface area (Å²) in [4.78, 5) is 4.76. The van der Waals surface area contributed by atoms with Crippen molar-refractivity contribution in [2.75, 3.05) is 5.32 Å². The van der Waals surface area contributed by atoms with E-state index in [9.17, 15) is 0 Å². The minimum Gasteiger partial charge on any atom is -0.367 e. The predicted octanol–water partition coefficient (Wildman–Crippen LogP) is 6.56. The van der Waals surface area contributed by atoms with Gasteiger partial charge in [-0.1, -0.05) is 78.9 Å². The molecule has 1 saturated carbocycles. The molecular formula is C21H21Cl2N3. The van der Waals surface area contributed by atoms with Crippen LogP contribution in [0, 0.1) is 0 Å². The van der Waals surface area contributed by atoms with Crippen molar-refractivity contribution in [1.82, 2.24) is 9.38 Å². The second-order valence-corrected chi connectivity index (χ2v) is 7.61. The van der Waals surface area contributed by atoms with E-state index in [-0.39, 0.29) is 0 Å². The fourth-order valence-corrected chi connectivity index (χ4v) is 4.04. The summed E-state index contributed by atoms with van der Waals surface area (Å²) in [5.74, 6) is 0.962. The second kappa shape index (κ2) is 7.73. The van der Waals surface area contributed by atoms with Crippen LogP contribution in [-0.2, 0) is 0 Å². The molecule has 2 aromatic heterocycles. The molecule has 0 unspecified atom stereocenters. The molecule has 1 aliphatic carbocycles. The first-order valence-electron chi connectivity index (χ1n) is 9.07. The van der Waals surface area contributed by atoms with E-state index in [0.29, 0.717) is 16.1 Å². The van der Waals surface area contributed by atoms with Crippen LogP contribution in [-0.4, -0.2) is 15.4 Å². The Bertz CT molecular complexity index is 925. The number of aromatic nitrogens is 2. The van der Waals surface area contributed by atoms with E-state index in [1.54, 1.807) is 6.07 Å². The van der Waals surface area contributed by atoms with Crippen LogP contribution in [0.4, 0.5) is 5.82 Å². The van der Waals surface area contributed by atoms with Crippen LogP contribution in [0.15, 0.2) is 42.6 Å². The van der Waals surface area contributed by atoms with Crippen molar-refractivity contribution >= 4 is 46.8 Å². The van der Waals surface area contributed by atoms with Crippen LogP contribution in [0.3, 0.4) is 0 Å². The monoisotopic (exact) mass is 385 g/mol. The third-order valence-corrected chi connectivity index (χ3v) is 5.33. The van der Waals surface area contributed by atoms with Gasteiger partial charge in [0, 0.05) is 12.2 Å². The number of rotatable bonds is 4. The Morgan fingerprint density at radius 2 is 1.81 bits per heavy atom. The number of pyridine rings is 1. The zero-order valence-corrected chi connectivity index (χ0v) is 16.0. The number of hydrogen-bond acceptors (Lipinski definition) is 2. The average molecular weight is 386 g/mol. The summed E-state index contributed by atoms with van der Waals surface area (Å²) < 4.78 is 1.98. The van der Waals surface area contributed by atoms with Crippen LogP contribution in [0.2, 0.25) is 10.0 Å². The smallest absolute Gasteiger partial charge is 0.158 e. The zero-order valence-electron chi connectivity index (χ0n) is 14.5. The predicted molar refractivity (Wildman–Crippen MR) is 111 cm³/mol. The van der Waals surface area contributed by atoms with Gasteiger partial charge in [-0.3, -0.25) is 4.40 Å². The summed E-state index contributed by atoms with van der Waals surface area (Å²) in [7, 11) is 0. The summed E-state index contributed by atoms with van der Waals surface area (Å²) >= 11 is 12.6. The van der Waals surface area contributed by atoms with Gasteiger partial charge < -0.3 is 5.32 Å². The molecule has 2 heterocycles. The molecule has 1 aliphatic rings. The van der Waals surface area contributed by atoms with Crippen LogP contribution in [0.1, 0.15) is 43.4 Å². The highest BCUT2D eigenvalue weighted by molar-refractivity contribution is 6.36. The Morgan fingerprint density at radius 1 is 1.04 bits per heavy atom. The summed E-state index contributed by atoms with van der Waals surface area (Å²) in [6.07, 6.45) is 12.2. The topological polar surface area (TPSA) is 29.3 Å². The number of anilines is 1. The van der Waals surface area contributed by atoms with Gasteiger partial charge in [-0.05, 0) is 30.5 Å². The van der Waals surface area contributed by atoms with Crippen molar-refractivity contribution < 1.29 is 0 Å². The number of fused-ring (bicyclic) bond motifs is 1. The van der Waals surface area contributed by atoms with E-state index >= 15 is 0 Å². The Hall–Kier alpha value is -1.97. The summed E-state index contributed by atoms with van der Waals surface area (Å²) in [5, 5.41) is 4.86. The van der Waals surface area contributed by atoms with Crippen molar-refractivity contribution in [3.8, 4) is 0 Å². The lowest BCUT2D eigenvalue weighted by Crippen LogP contribution is -2.23. The fourth-order valence-electron chi connectivity index (χ4n) is 3.53. The first-order chi connectivity index (χ1) is 12.7. The molecule has 26 heavy (non-hydrogen) atoms. The number of imidazole rings is 1. The average Bonchev–Trinajstić information content (AvgIpc) is 3.00. The second-order valence-electron chi connectivity index (χ2n) is 6.77. The maximum atomic E-state index is 6.39. The molecular weight excluding hydrogens is 365 g/mol. The number of benzene rings is 1. The van der Waals surface area contributed by atoms with Gasteiger partial charge in [-0.15, -0.1) is 0 Å². The van der Waals surface area contributed by atoms with Gasteiger partial charge in [0.05, 0.1) is 10.0 Å². The molecule has 0 radical (unpaired) electrons. The molecule has 3 aromatic rings. The van der Waals surface area contributed by atoms with Gasteiger partial charge in [0.25, 0.3) is 0 Å². The van der Waals surface area contributed by atoms with E-state index < -0.39 is 0 Å². The molecule has 5 heteroatoms. The van der Waals surface area contributed by atoms with E-state index in [2.05, 4.69) is 23.5 Å². The summed E-state index contributed by atoms with van der Waals surface area (Å²) in [6, 6.07) is 12.4. The lowest BCUT2D eigenvalue weighted by atomic mass is 9.95. The van der Waals surface area contributed by atoms with Crippen LogP contribution in [0.5, 0.6) is 0 Å². The molecule has 1 aromatic carbocycles. The lowest BCUT2D eigenvalue weighted by molar-refractivity contribution is 0.461. The Morgan fingerprint density at radius 3 is 2.58 bits per heavy atom. The maximum Gasteiger partial charge on any atom is 0.158 e. The van der Waals surface area contributed by atoms with Gasteiger partial charge >= 0.3 is 0 Å². The van der Waals surface area contributed by atoms with Crippen molar-refractivity contribution in [3.05, 3.63) is 63.9 Å². The molecule has 0 spiro atoms. The minimum atomic E-state index is 0.463. The van der Waals surface area contributed by atoms with Gasteiger partial charge in [0.1, 0.15) is 11.5 Å². The lowest BCUT2D eigenvalue weighted by Gasteiger charge is -2.24. The van der Waals surface area contributed by atoms with Gasteiger partial charge in [-0.2, -0.15) is 0 Å². The number of hydrogen-bond donors (Lipinski definition) is 1. The van der Waals surface area contributed by atoms with Crippen LogP contribution in [0.25, 0.3) is 17.8 Å². The quantitative estimate of drug-likeness (QED) is 0.550. The highest BCUT2D eigenvalue weighted by Gasteiger charge is 2.19. The van der Waals surface area contributed by atoms with Crippen molar-refractivity contribution in [2.24, 2.45) is 0 Å². The molecule has 0 bridgehead atoms. The van der Waals surface area contributed by atoms with Gasteiger partial charge in [0.15, 0.2) is 5.65 Å². The van der Waals surface area contributed by atoms with E-state index in [1.165, 1.54) is 32.1 Å². The molecule has 0 atom stereocenters. The molecule has 1 N–H and O–H groups in total. The molecule has 3 nitrogen and oxygen atoms in total. The van der Waals surface area contributed by atoms with E-state index in [4.69, 9.17) is 28.2 Å². The van der Waals surface area contributed by atoms with Crippen molar-refractivity contribution in [3.63, 3.8) is 0 Å². The molecule has 134 valence electrons. The normalized spacial score (nSPS) is 15.8. The first-order valence-corrected chi connectivity index (χ1v) is 9.83. The molecule has 4 rings (SSSR count). The fraction of sp³-hybridized carbons (Fsp3) is 0.286. The Labute approximate surface area is 163 Å². The van der Waals surface area contributed by atoms with E-state index in [1.807, 2.05) is 34.9 Å². The van der Waals surface area contributed by atoms with Gasteiger partial charge in [0.2, 0.25) is 0 Å². The number of nitrogens with zero attached hydrogens (tertiary/aromatic N) is 2. The molecule has 0 amide bonds. The third kappa shape index (κ3) is 3.74. The standard InChI is InChI=1S/C21H21Cl2N3/c22-16-13-18(23)20-25-19(12-11-15-7-3-1-4-8-15)21(26(20)14-16)24-17-9-5-2-6-10-17/h1,3-4,7-8,11-14,17,24H,2,5-6,9-10H2/b12-11+. The Balaban J connectivity index is 1.75. The highest BCUT2D eigenvalue weighted by Crippen LogP contribution is 2.30. The summed E-state index contributed by atoms with van der Waals surface area (Å²) in [6.45, 7) is 0. The molecule has 0 aliphatic heterocycles. The van der Waals surface area contributed by atoms with Crippen molar-refractivity contribution in [2.45, 2.75) is 38.1 Å². The van der Waals surface area contributed by atoms with Crippen LogP contribution < -0.4 is 5.32 Å².